The van der Waals surface area contributed by atoms with Crippen molar-refractivity contribution < 1.29 is 33.0 Å². The van der Waals surface area contributed by atoms with E-state index in [9.17, 15) is 18.0 Å². The number of rotatable bonds is 2. The minimum Gasteiger partial charge on any atom is -0.475 e. The molecule has 1 unspecified atom stereocenters. The molecule has 1 aliphatic heterocycles. The number of carbonyl (C=O) groups excluding carboxylic acids is 1. The van der Waals surface area contributed by atoms with Gasteiger partial charge in [-0.1, -0.05) is 17.8 Å². The van der Waals surface area contributed by atoms with Gasteiger partial charge in [-0.3, -0.25) is 4.79 Å². The first kappa shape index (κ1) is 18.9. The van der Waals surface area contributed by atoms with Crippen molar-refractivity contribution in [3.63, 3.8) is 0 Å². The number of aliphatic carboxylic acids is 1. The van der Waals surface area contributed by atoms with Gasteiger partial charge in [0.2, 0.25) is 0 Å². The van der Waals surface area contributed by atoms with Crippen molar-refractivity contribution in [2.75, 3.05) is 19.7 Å². The number of thioether (sulfide) groups is 1. The SMILES string of the molecule is CC(=O)SC1CCNC/C1=C/CO.O=C(O)C(F)(F)F. The summed E-state index contributed by atoms with van der Waals surface area (Å²) in [4.78, 5) is 19.8. The van der Waals surface area contributed by atoms with Crippen molar-refractivity contribution in [1.82, 2.24) is 5.32 Å². The zero-order chi connectivity index (χ0) is 15.8. The fourth-order valence-electron chi connectivity index (χ4n) is 1.42. The third-order valence-electron chi connectivity index (χ3n) is 2.23. The minimum atomic E-state index is -5.08. The minimum absolute atomic E-state index is 0.0615. The maximum absolute atomic E-state index is 10.9. The van der Waals surface area contributed by atoms with Gasteiger partial charge in [-0.25, -0.2) is 4.79 Å². The third kappa shape index (κ3) is 8.18. The molecule has 5 nitrogen and oxygen atoms in total. The second kappa shape index (κ2) is 8.98. The lowest BCUT2D eigenvalue weighted by Crippen LogP contribution is -2.32. The van der Waals surface area contributed by atoms with E-state index in [0.29, 0.717) is 0 Å². The number of aliphatic hydroxyl groups excluding tert-OH is 1. The Morgan fingerprint density at radius 1 is 1.50 bits per heavy atom. The van der Waals surface area contributed by atoms with E-state index < -0.39 is 12.1 Å². The number of carbonyl (C=O) groups is 2. The van der Waals surface area contributed by atoms with E-state index in [2.05, 4.69) is 5.32 Å². The summed E-state index contributed by atoms with van der Waals surface area (Å²) in [6.45, 7) is 3.40. The lowest BCUT2D eigenvalue weighted by Gasteiger charge is -2.24. The predicted octanol–water partition coefficient (Wildman–Crippen LogP) is 1.18. The van der Waals surface area contributed by atoms with Crippen LogP contribution < -0.4 is 5.32 Å². The molecule has 116 valence electrons. The number of carboxylic acid groups (broad SMARTS) is 1. The Labute approximate surface area is 118 Å². The topological polar surface area (TPSA) is 86.6 Å². The fourth-order valence-corrected chi connectivity index (χ4v) is 2.39. The molecule has 1 fully saturated rings. The van der Waals surface area contributed by atoms with Crippen LogP contribution in [-0.2, 0) is 9.59 Å². The monoisotopic (exact) mass is 315 g/mol. The van der Waals surface area contributed by atoms with Gasteiger partial charge >= 0.3 is 12.1 Å². The number of halogens is 3. The zero-order valence-corrected chi connectivity index (χ0v) is 11.6. The summed E-state index contributed by atoms with van der Waals surface area (Å²) >= 11 is 1.37. The quantitative estimate of drug-likeness (QED) is 0.663. The van der Waals surface area contributed by atoms with Crippen LogP contribution in [0.15, 0.2) is 11.6 Å². The average molecular weight is 315 g/mol. The molecule has 0 aromatic carbocycles. The Hall–Kier alpha value is -1.06. The van der Waals surface area contributed by atoms with Gasteiger partial charge in [-0.15, -0.1) is 0 Å². The second-order valence-corrected chi connectivity index (χ2v) is 5.21. The summed E-state index contributed by atoms with van der Waals surface area (Å²) in [5.74, 6) is -2.76. The van der Waals surface area contributed by atoms with E-state index in [1.165, 1.54) is 11.8 Å². The molecule has 3 N–H and O–H groups in total. The lowest BCUT2D eigenvalue weighted by atomic mass is 10.1. The molecular formula is C11H16F3NO4S. The van der Waals surface area contributed by atoms with Crippen molar-refractivity contribution in [3.05, 3.63) is 11.6 Å². The van der Waals surface area contributed by atoms with E-state index in [1.54, 1.807) is 13.0 Å². The van der Waals surface area contributed by atoms with Gasteiger partial charge in [0.15, 0.2) is 5.12 Å². The highest BCUT2D eigenvalue weighted by Crippen LogP contribution is 2.24. The number of aliphatic hydroxyl groups is 1. The van der Waals surface area contributed by atoms with Gasteiger partial charge in [-0.05, 0) is 18.5 Å². The first-order chi connectivity index (χ1) is 9.18. The maximum Gasteiger partial charge on any atom is 0.490 e. The van der Waals surface area contributed by atoms with Gasteiger partial charge in [0.1, 0.15) is 0 Å². The van der Waals surface area contributed by atoms with Gasteiger partial charge in [0, 0.05) is 18.7 Å². The van der Waals surface area contributed by atoms with E-state index >= 15 is 0 Å². The molecule has 1 atom stereocenters. The van der Waals surface area contributed by atoms with Crippen molar-refractivity contribution in [1.29, 1.82) is 0 Å². The summed E-state index contributed by atoms with van der Waals surface area (Å²) in [6.07, 6.45) is -2.32. The van der Waals surface area contributed by atoms with Crippen molar-refractivity contribution in [2.45, 2.75) is 24.8 Å². The predicted molar refractivity (Wildman–Crippen MR) is 68.4 cm³/mol. The molecule has 1 rings (SSSR count). The van der Waals surface area contributed by atoms with E-state index in [4.69, 9.17) is 15.0 Å². The van der Waals surface area contributed by atoms with Crippen LogP contribution in [0.1, 0.15) is 13.3 Å². The molecular weight excluding hydrogens is 299 g/mol. The van der Waals surface area contributed by atoms with Crippen molar-refractivity contribution in [2.24, 2.45) is 0 Å². The number of carboxylic acids is 1. The highest BCUT2D eigenvalue weighted by molar-refractivity contribution is 8.14. The van der Waals surface area contributed by atoms with E-state index in [1.807, 2.05) is 0 Å². The largest absolute Gasteiger partial charge is 0.490 e. The molecule has 0 aromatic rings. The molecule has 0 amide bonds. The van der Waals surface area contributed by atoms with Crippen LogP contribution in [0.25, 0.3) is 0 Å². The summed E-state index contributed by atoms with van der Waals surface area (Å²) in [5, 5.41) is 19.5. The molecule has 1 aliphatic rings. The first-order valence-corrected chi connectivity index (χ1v) is 6.54. The fraction of sp³-hybridized carbons (Fsp3) is 0.636. The lowest BCUT2D eigenvalue weighted by molar-refractivity contribution is -0.192. The average Bonchev–Trinajstić information content (AvgIpc) is 2.31. The number of alkyl halides is 3. The van der Waals surface area contributed by atoms with Crippen LogP contribution in [0.4, 0.5) is 13.2 Å². The second-order valence-electron chi connectivity index (χ2n) is 3.83. The molecule has 9 heteroatoms. The van der Waals surface area contributed by atoms with Gasteiger partial charge in [0.05, 0.1) is 6.61 Å². The Balaban J connectivity index is 0.000000441. The van der Waals surface area contributed by atoms with Gasteiger partial charge in [-0.2, -0.15) is 13.2 Å². The summed E-state index contributed by atoms with van der Waals surface area (Å²) < 4.78 is 31.7. The van der Waals surface area contributed by atoms with E-state index in [-0.39, 0.29) is 17.0 Å². The highest BCUT2D eigenvalue weighted by Gasteiger charge is 2.38. The van der Waals surface area contributed by atoms with Crippen molar-refractivity contribution in [3.8, 4) is 0 Å². The Bertz CT molecular complexity index is 371. The molecule has 0 spiro atoms. The zero-order valence-electron chi connectivity index (χ0n) is 10.7. The smallest absolute Gasteiger partial charge is 0.475 e. The molecule has 0 saturated carbocycles. The number of hydrogen-bond acceptors (Lipinski definition) is 5. The summed E-state index contributed by atoms with van der Waals surface area (Å²) in [7, 11) is 0. The molecule has 0 bridgehead atoms. The van der Waals surface area contributed by atoms with Crippen LogP contribution in [0.3, 0.4) is 0 Å². The van der Waals surface area contributed by atoms with Gasteiger partial charge < -0.3 is 15.5 Å². The van der Waals surface area contributed by atoms with Crippen LogP contribution in [0.2, 0.25) is 0 Å². The summed E-state index contributed by atoms with van der Waals surface area (Å²) in [5.41, 5.74) is 1.15. The van der Waals surface area contributed by atoms with Crippen LogP contribution in [0.5, 0.6) is 0 Å². The maximum atomic E-state index is 10.9. The standard InChI is InChI=1S/C9H15NO2S.C2HF3O2/c1-7(12)13-9-2-4-10-6-8(9)3-5-11;3-2(4,5)1(6)7/h3,9-11H,2,4-6H2,1H3;(H,6,7)/b8-3-;. The Kier molecular flexibility index (Phi) is 8.51. The number of nitrogens with one attached hydrogen (secondary N) is 1. The number of piperidine rings is 1. The number of hydrogen-bond donors (Lipinski definition) is 3. The molecule has 1 saturated heterocycles. The van der Waals surface area contributed by atoms with E-state index in [0.717, 1.165) is 25.1 Å². The Morgan fingerprint density at radius 2 is 2.05 bits per heavy atom. The van der Waals surface area contributed by atoms with Crippen molar-refractivity contribution >= 4 is 22.8 Å². The molecule has 1 heterocycles. The molecule has 0 aliphatic carbocycles. The summed E-state index contributed by atoms with van der Waals surface area (Å²) in [6, 6.07) is 0. The first-order valence-electron chi connectivity index (χ1n) is 5.66. The normalized spacial score (nSPS) is 21.1. The highest BCUT2D eigenvalue weighted by atomic mass is 32.2. The van der Waals surface area contributed by atoms with Crippen LogP contribution in [-0.4, -0.2) is 52.4 Å². The molecule has 20 heavy (non-hydrogen) atoms. The van der Waals surface area contributed by atoms with Crippen LogP contribution in [0, 0.1) is 0 Å². The van der Waals surface area contributed by atoms with Crippen LogP contribution >= 0.6 is 11.8 Å². The Morgan fingerprint density at radius 3 is 2.45 bits per heavy atom. The molecule has 0 radical (unpaired) electrons. The van der Waals surface area contributed by atoms with Gasteiger partial charge in [0.25, 0.3) is 0 Å². The molecule has 0 aromatic heterocycles. The third-order valence-corrected chi connectivity index (χ3v) is 3.39.